The first-order chi connectivity index (χ1) is 20.0. The van der Waals surface area contributed by atoms with E-state index in [9.17, 15) is 27.9 Å². The molecule has 5 rings (SSSR count). The number of hydrogen-bond acceptors (Lipinski definition) is 7. The van der Waals surface area contributed by atoms with Crippen molar-refractivity contribution in [1.82, 2.24) is 14.5 Å². The Morgan fingerprint density at radius 3 is 2.50 bits per heavy atom. The molecular weight excluding hydrogens is 551 g/mol. The third-order valence-electron chi connectivity index (χ3n) is 8.34. The second-order valence-corrected chi connectivity index (χ2v) is 11.2. The molecule has 1 aromatic heterocycles. The molecule has 2 heterocycles. The highest BCUT2D eigenvalue weighted by Crippen LogP contribution is 2.46. The maximum Gasteiger partial charge on any atom is 0.280 e. The summed E-state index contributed by atoms with van der Waals surface area (Å²) in [6.45, 7) is 0.332. The van der Waals surface area contributed by atoms with Crippen molar-refractivity contribution in [3.8, 4) is 11.6 Å². The van der Waals surface area contributed by atoms with Gasteiger partial charge in [-0.2, -0.15) is 0 Å². The Kier molecular flexibility index (Phi) is 8.29. The first-order valence-electron chi connectivity index (χ1n) is 13.9. The third kappa shape index (κ3) is 6.29. The Balaban J connectivity index is 1.24. The summed E-state index contributed by atoms with van der Waals surface area (Å²) in [5, 5.41) is 11.3. The van der Waals surface area contributed by atoms with E-state index in [1.807, 2.05) is 6.07 Å². The van der Waals surface area contributed by atoms with E-state index in [0.717, 1.165) is 11.6 Å². The maximum absolute atomic E-state index is 14.3. The molecular formula is C30H34F3N5O4. The number of carbonyl (C=O) groups is 1. The molecule has 1 saturated carbocycles. The fraction of sp³-hybridized carbons (Fsp3) is 0.433. The van der Waals surface area contributed by atoms with E-state index in [0.29, 0.717) is 5.56 Å². The van der Waals surface area contributed by atoms with Gasteiger partial charge < -0.3 is 26.2 Å². The number of alkyl halides is 2. The van der Waals surface area contributed by atoms with Crippen LogP contribution in [-0.2, 0) is 17.9 Å². The van der Waals surface area contributed by atoms with Crippen LogP contribution in [0.5, 0.6) is 11.6 Å². The van der Waals surface area contributed by atoms with Gasteiger partial charge in [0.2, 0.25) is 17.7 Å². The van der Waals surface area contributed by atoms with E-state index in [2.05, 4.69) is 4.98 Å². The third-order valence-corrected chi connectivity index (χ3v) is 8.34. The second-order valence-electron chi connectivity index (χ2n) is 11.2. The van der Waals surface area contributed by atoms with Gasteiger partial charge in [-0.3, -0.25) is 14.2 Å². The zero-order valence-corrected chi connectivity index (χ0v) is 23.0. The molecule has 1 amide bonds. The smallest absolute Gasteiger partial charge is 0.280 e. The quantitative estimate of drug-likeness (QED) is 0.384. The fourth-order valence-electron chi connectivity index (χ4n) is 5.89. The summed E-state index contributed by atoms with van der Waals surface area (Å²) in [6.07, 6.45) is 0.918. The first kappa shape index (κ1) is 29.6. The Labute approximate surface area is 240 Å². The number of halogens is 3. The Morgan fingerprint density at radius 1 is 1.12 bits per heavy atom. The highest BCUT2D eigenvalue weighted by molar-refractivity contribution is 5.80. The Morgan fingerprint density at radius 2 is 1.83 bits per heavy atom. The molecule has 2 aromatic carbocycles. The summed E-state index contributed by atoms with van der Waals surface area (Å²) >= 11 is 0. The lowest BCUT2D eigenvalue weighted by molar-refractivity contribution is -0.145. The molecule has 42 heavy (non-hydrogen) atoms. The largest absolute Gasteiger partial charge is 0.437 e. The number of aliphatic hydroxyl groups is 1. The number of hydrogen-bond donors (Lipinski definition) is 3. The number of nitrogen functional groups attached to an aromatic ring is 1. The van der Waals surface area contributed by atoms with Crippen molar-refractivity contribution in [2.75, 3.05) is 18.8 Å². The molecule has 2 fully saturated rings. The summed E-state index contributed by atoms with van der Waals surface area (Å²) in [7, 11) is 0. The molecule has 224 valence electrons. The van der Waals surface area contributed by atoms with Crippen molar-refractivity contribution in [1.29, 1.82) is 0 Å². The van der Waals surface area contributed by atoms with Crippen molar-refractivity contribution in [2.45, 2.75) is 62.6 Å². The predicted octanol–water partition coefficient (Wildman–Crippen LogP) is 3.79. The topological polar surface area (TPSA) is 137 Å². The number of rotatable bonds is 7. The number of benzene rings is 2. The molecule has 0 spiro atoms. The monoisotopic (exact) mass is 585 g/mol. The SMILES string of the molecule is NCc1ccc(Oc2ncn(CC3(O)CCN(C(=O)[C@@H]4CCC(F)(F)C[C@H]4c4ccccc4)CC3)c(=O)c2N)cc1F. The number of amides is 1. The average Bonchev–Trinajstić information content (AvgIpc) is 2.97. The van der Waals surface area contributed by atoms with Gasteiger partial charge in [0.15, 0.2) is 5.69 Å². The van der Waals surface area contributed by atoms with Crippen LogP contribution in [0.25, 0.3) is 0 Å². The van der Waals surface area contributed by atoms with Crippen LogP contribution in [0.3, 0.4) is 0 Å². The molecule has 1 aliphatic carbocycles. The normalized spacial score (nSPS) is 21.6. The van der Waals surface area contributed by atoms with Crippen molar-refractivity contribution in [3.63, 3.8) is 0 Å². The summed E-state index contributed by atoms with van der Waals surface area (Å²) in [5.41, 5.74) is 10.2. The van der Waals surface area contributed by atoms with Crippen molar-refractivity contribution in [3.05, 3.63) is 82.2 Å². The fourth-order valence-corrected chi connectivity index (χ4v) is 5.89. The number of ether oxygens (including phenoxy) is 1. The van der Waals surface area contributed by atoms with Crippen LogP contribution in [0.4, 0.5) is 18.9 Å². The molecule has 3 aromatic rings. The molecule has 0 unspecified atom stereocenters. The number of nitrogens with two attached hydrogens (primary N) is 2. The lowest BCUT2D eigenvalue weighted by Gasteiger charge is -2.42. The van der Waals surface area contributed by atoms with Crippen molar-refractivity contribution >= 4 is 11.6 Å². The molecule has 2 aliphatic rings. The van der Waals surface area contributed by atoms with Crippen LogP contribution in [0.1, 0.15) is 49.1 Å². The highest BCUT2D eigenvalue weighted by atomic mass is 19.3. The van der Waals surface area contributed by atoms with Gasteiger partial charge in [-0.15, -0.1) is 0 Å². The number of anilines is 1. The molecule has 1 aliphatic heterocycles. The lowest BCUT2D eigenvalue weighted by Crippen LogP contribution is -2.52. The molecule has 9 nitrogen and oxygen atoms in total. The van der Waals surface area contributed by atoms with Crippen LogP contribution < -0.4 is 21.8 Å². The van der Waals surface area contributed by atoms with E-state index in [1.54, 1.807) is 29.2 Å². The summed E-state index contributed by atoms with van der Waals surface area (Å²) in [6, 6.07) is 13.0. The molecule has 5 N–H and O–H groups in total. The second kappa shape index (κ2) is 11.8. The van der Waals surface area contributed by atoms with E-state index >= 15 is 0 Å². The van der Waals surface area contributed by atoms with Gasteiger partial charge in [0, 0.05) is 55.9 Å². The number of nitrogens with zero attached hydrogens (tertiary/aromatic N) is 3. The van der Waals surface area contributed by atoms with Gasteiger partial charge in [0.1, 0.15) is 17.9 Å². The molecule has 0 radical (unpaired) electrons. The number of aromatic nitrogens is 2. The first-order valence-corrected chi connectivity index (χ1v) is 13.9. The van der Waals surface area contributed by atoms with Crippen molar-refractivity contribution < 1.29 is 27.8 Å². The van der Waals surface area contributed by atoms with Crippen molar-refractivity contribution in [2.24, 2.45) is 11.7 Å². The Hall–Kier alpha value is -3.90. The molecule has 1 saturated heterocycles. The minimum absolute atomic E-state index is 0.0189. The van der Waals surface area contributed by atoms with Gasteiger partial charge in [0.25, 0.3) is 5.56 Å². The zero-order valence-electron chi connectivity index (χ0n) is 23.0. The van der Waals surface area contributed by atoms with E-state index in [4.69, 9.17) is 16.2 Å². The van der Waals surface area contributed by atoms with E-state index in [1.165, 1.54) is 23.0 Å². The number of carbonyl (C=O) groups excluding carboxylic acids is 1. The van der Waals surface area contributed by atoms with Gasteiger partial charge in [0.05, 0.1) is 12.1 Å². The summed E-state index contributed by atoms with van der Waals surface area (Å²) < 4.78 is 49.4. The standard InChI is InChI=1S/C30H34F3N5O4/c31-24-14-21(7-6-20(24)16-34)42-26-25(35)28(40)38(18-36-26)17-29(41)10-12-37(13-11-29)27(39)22-8-9-30(32,33)15-23(22)19-4-2-1-3-5-19/h1-7,14,18,22-23,41H,8-13,15-17,34-35H2/t22-,23+/m1/s1. The van der Waals surface area contributed by atoms with Crippen LogP contribution in [0.2, 0.25) is 0 Å². The summed E-state index contributed by atoms with van der Waals surface area (Å²) in [4.78, 5) is 32.2. The molecule has 2 atom stereocenters. The van der Waals surface area contributed by atoms with Crippen LogP contribution in [0, 0.1) is 11.7 Å². The lowest BCUT2D eigenvalue weighted by atomic mass is 9.73. The highest BCUT2D eigenvalue weighted by Gasteiger charge is 2.46. The Bertz CT molecular complexity index is 1490. The van der Waals surface area contributed by atoms with Crippen LogP contribution in [0.15, 0.2) is 59.7 Å². The van der Waals surface area contributed by atoms with Crippen LogP contribution >= 0.6 is 0 Å². The zero-order chi connectivity index (χ0) is 30.1. The molecule has 0 bridgehead atoms. The van der Waals surface area contributed by atoms with Crippen LogP contribution in [-0.4, -0.2) is 50.1 Å². The van der Waals surface area contributed by atoms with Gasteiger partial charge in [-0.05, 0) is 30.9 Å². The minimum atomic E-state index is -2.82. The van der Waals surface area contributed by atoms with Gasteiger partial charge in [-0.1, -0.05) is 36.4 Å². The van der Waals surface area contributed by atoms with E-state index < -0.39 is 34.7 Å². The number of piperidine rings is 1. The molecule has 12 heteroatoms. The van der Waals surface area contributed by atoms with E-state index in [-0.39, 0.29) is 81.5 Å². The van der Waals surface area contributed by atoms with Gasteiger partial charge in [-0.25, -0.2) is 18.2 Å². The summed E-state index contributed by atoms with van der Waals surface area (Å²) in [5.74, 6) is -4.85. The minimum Gasteiger partial charge on any atom is -0.437 e. The maximum atomic E-state index is 14.3. The predicted molar refractivity (Wildman–Crippen MR) is 150 cm³/mol. The average molecular weight is 586 g/mol. The number of likely N-dealkylation sites (tertiary alicyclic amines) is 1. The van der Waals surface area contributed by atoms with Gasteiger partial charge >= 0.3 is 0 Å².